The second-order valence-corrected chi connectivity index (χ2v) is 5.18. The molecular formula is C18H15NO2. The van der Waals surface area contributed by atoms with Crippen LogP contribution >= 0.6 is 0 Å². The molecule has 1 aliphatic carbocycles. The van der Waals surface area contributed by atoms with Gasteiger partial charge in [-0.05, 0) is 48.6 Å². The monoisotopic (exact) mass is 277 g/mol. The van der Waals surface area contributed by atoms with Crippen molar-refractivity contribution in [3.8, 4) is 11.8 Å². The number of nitriles is 1. The molecule has 0 saturated carbocycles. The smallest absolute Gasteiger partial charge is 0.150 e. The molecule has 104 valence electrons. The lowest BCUT2D eigenvalue weighted by Crippen LogP contribution is -2.15. The summed E-state index contributed by atoms with van der Waals surface area (Å²) in [6.45, 7) is 0. The number of aldehydes is 1. The molecule has 1 aliphatic rings. The molecule has 2 aromatic carbocycles. The van der Waals surface area contributed by atoms with Gasteiger partial charge in [0.25, 0.3) is 0 Å². The maximum atomic E-state index is 10.8. The topological polar surface area (TPSA) is 50.1 Å². The fourth-order valence-corrected chi connectivity index (χ4v) is 2.80. The van der Waals surface area contributed by atoms with Crippen molar-refractivity contribution in [2.45, 2.75) is 25.4 Å². The summed E-state index contributed by atoms with van der Waals surface area (Å²) < 4.78 is 6.06. The van der Waals surface area contributed by atoms with Gasteiger partial charge in [0.1, 0.15) is 24.2 Å². The Hall–Kier alpha value is -2.60. The molecule has 0 spiro atoms. The minimum absolute atomic E-state index is 0.0240. The second-order valence-electron chi connectivity index (χ2n) is 5.18. The van der Waals surface area contributed by atoms with Gasteiger partial charge in [-0.3, -0.25) is 4.79 Å². The molecular weight excluding hydrogens is 262 g/mol. The predicted molar refractivity (Wildman–Crippen MR) is 79.3 cm³/mol. The largest absolute Gasteiger partial charge is 0.484 e. The van der Waals surface area contributed by atoms with Crippen molar-refractivity contribution in [1.82, 2.24) is 0 Å². The van der Waals surface area contributed by atoms with E-state index in [1.165, 1.54) is 11.1 Å². The van der Waals surface area contributed by atoms with Crippen LogP contribution in [0, 0.1) is 11.3 Å². The number of aryl methyl sites for hydroxylation is 1. The van der Waals surface area contributed by atoms with Gasteiger partial charge in [0, 0.05) is 5.56 Å². The maximum Gasteiger partial charge on any atom is 0.150 e. The Morgan fingerprint density at radius 1 is 1.24 bits per heavy atom. The van der Waals surface area contributed by atoms with E-state index >= 15 is 0 Å². The molecule has 1 atom stereocenters. The Balaban J connectivity index is 1.92. The fraction of sp³-hybridized carbons (Fsp3) is 0.222. The van der Waals surface area contributed by atoms with Gasteiger partial charge in [0.15, 0.2) is 0 Å². The summed E-state index contributed by atoms with van der Waals surface area (Å²) in [5.41, 5.74) is 3.41. The van der Waals surface area contributed by atoms with Crippen molar-refractivity contribution >= 4 is 6.29 Å². The van der Waals surface area contributed by atoms with Crippen LogP contribution in [0.15, 0.2) is 42.5 Å². The van der Waals surface area contributed by atoms with Crippen molar-refractivity contribution < 1.29 is 9.53 Å². The Bertz CT molecular complexity index is 715. The van der Waals surface area contributed by atoms with Crippen molar-refractivity contribution in [2.24, 2.45) is 0 Å². The van der Waals surface area contributed by atoms with Gasteiger partial charge in [0.05, 0.1) is 5.56 Å². The SMILES string of the molecule is N#Cc1cc(C=O)ccc1OC1CCCc2ccccc21. The molecule has 0 fully saturated rings. The van der Waals surface area contributed by atoms with E-state index in [1.807, 2.05) is 12.1 Å². The molecule has 3 nitrogen and oxygen atoms in total. The molecule has 0 aliphatic heterocycles. The van der Waals surface area contributed by atoms with Crippen LogP contribution in [-0.4, -0.2) is 6.29 Å². The summed E-state index contributed by atoms with van der Waals surface area (Å²) in [7, 11) is 0. The van der Waals surface area contributed by atoms with Crippen molar-refractivity contribution in [3.05, 3.63) is 64.7 Å². The number of carbonyl (C=O) groups excluding carboxylic acids is 1. The lowest BCUT2D eigenvalue weighted by atomic mass is 9.89. The van der Waals surface area contributed by atoms with Gasteiger partial charge in [-0.25, -0.2) is 0 Å². The first kappa shape index (κ1) is 13.4. The van der Waals surface area contributed by atoms with E-state index in [4.69, 9.17) is 4.74 Å². The van der Waals surface area contributed by atoms with E-state index < -0.39 is 0 Å². The summed E-state index contributed by atoms with van der Waals surface area (Å²) in [5, 5.41) is 9.22. The first-order chi connectivity index (χ1) is 10.3. The number of benzene rings is 2. The Morgan fingerprint density at radius 3 is 2.90 bits per heavy atom. The standard InChI is InChI=1S/C18H15NO2/c19-11-15-10-13(12-20)8-9-17(15)21-18-7-3-5-14-4-1-2-6-16(14)18/h1-2,4,6,8-10,12,18H,3,5,7H2. The first-order valence-electron chi connectivity index (χ1n) is 7.05. The second kappa shape index (κ2) is 5.80. The highest BCUT2D eigenvalue weighted by Gasteiger charge is 2.22. The maximum absolute atomic E-state index is 10.8. The highest BCUT2D eigenvalue weighted by Crippen LogP contribution is 2.34. The van der Waals surface area contributed by atoms with Crippen LogP contribution < -0.4 is 4.74 Å². The van der Waals surface area contributed by atoms with Crippen molar-refractivity contribution in [3.63, 3.8) is 0 Å². The molecule has 0 amide bonds. The molecule has 1 unspecified atom stereocenters. The molecule has 21 heavy (non-hydrogen) atoms. The van der Waals surface area contributed by atoms with Gasteiger partial charge in [-0.1, -0.05) is 24.3 Å². The van der Waals surface area contributed by atoms with Crippen molar-refractivity contribution in [1.29, 1.82) is 5.26 Å². The number of nitrogens with zero attached hydrogens (tertiary/aromatic N) is 1. The van der Waals surface area contributed by atoms with E-state index in [1.54, 1.807) is 18.2 Å². The average Bonchev–Trinajstić information content (AvgIpc) is 2.55. The number of rotatable bonds is 3. The van der Waals surface area contributed by atoms with Crippen molar-refractivity contribution in [2.75, 3.05) is 0 Å². The zero-order chi connectivity index (χ0) is 14.7. The fourth-order valence-electron chi connectivity index (χ4n) is 2.80. The van der Waals surface area contributed by atoms with Gasteiger partial charge >= 0.3 is 0 Å². The number of fused-ring (bicyclic) bond motifs is 1. The molecule has 3 rings (SSSR count). The van der Waals surface area contributed by atoms with Gasteiger partial charge in [-0.2, -0.15) is 5.26 Å². The number of ether oxygens (including phenoxy) is 1. The average molecular weight is 277 g/mol. The number of hydrogen-bond acceptors (Lipinski definition) is 3. The van der Waals surface area contributed by atoms with Gasteiger partial charge < -0.3 is 4.74 Å². The number of hydrogen-bond donors (Lipinski definition) is 0. The van der Waals surface area contributed by atoms with E-state index in [0.29, 0.717) is 16.9 Å². The summed E-state index contributed by atoms with van der Waals surface area (Å²) in [6, 6.07) is 15.3. The van der Waals surface area contributed by atoms with Crippen LogP contribution in [-0.2, 0) is 6.42 Å². The Kier molecular flexibility index (Phi) is 3.70. The predicted octanol–water partition coefficient (Wildman–Crippen LogP) is 3.83. The molecule has 0 radical (unpaired) electrons. The molecule has 0 aromatic heterocycles. The van der Waals surface area contributed by atoms with E-state index in [9.17, 15) is 10.1 Å². The highest BCUT2D eigenvalue weighted by molar-refractivity contribution is 5.76. The summed E-state index contributed by atoms with van der Waals surface area (Å²) in [4.78, 5) is 10.8. The minimum Gasteiger partial charge on any atom is -0.484 e. The van der Waals surface area contributed by atoms with Crippen LogP contribution in [0.25, 0.3) is 0 Å². The molecule has 3 heteroatoms. The zero-order valence-corrected chi connectivity index (χ0v) is 11.6. The van der Waals surface area contributed by atoms with E-state index in [0.717, 1.165) is 25.5 Å². The Labute approximate surface area is 123 Å². The molecule has 0 saturated heterocycles. The minimum atomic E-state index is -0.0240. The van der Waals surface area contributed by atoms with Gasteiger partial charge in [0.2, 0.25) is 0 Å². The normalized spacial score (nSPS) is 16.6. The van der Waals surface area contributed by atoms with Crippen LogP contribution in [0.3, 0.4) is 0 Å². The molecule has 0 N–H and O–H groups in total. The lowest BCUT2D eigenvalue weighted by Gasteiger charge is -2.26. The van der Waals surface area contributed by atoms with E-state index in [-0.39, 0.29) is 6.10 Å². The summed E-state index contributed by atoms with van der Waals surface area (Å²) in [6.07, 6.45) is 3.81. The van der Waals surface area contributed by atoms with E-state index in [2.05, 4.69) is 18.2 Å². The summed E-state index contributed by atoms with van der Waals surface area (Å²) in [5.74, 6) is 0.546. The van der Waals surface area contributed by atoms with Crippen LogP contribution in [0.1, 0.15) is 46.0 Å². The molecule has 0 bridgehead atoms. The van der Waals surface area contributed by atoms with Crippen LogP contribution in [0.4, 0.5) is 0 Å². The first-order valence-corrected chi connectivity index (χ1v) is 7.05. The zero-order valence-electron chi connectivity index (χ0n) is 11.6. The summed E-state index contributed by atoms with van der Waals surface area (Å²) >= 11 is 0. The third kappa shape index (κ3) is 2.66. The highest BCUT2D eigenvalue weighted by atomic mass is 16.5. The number of carbonyl (C=O) groups is 1. The molecule has 0 heterocycles. The molecule has 2 aromatic rings. The van der Waals surface area contributed by atoms with Crippen LogP contribution in [0.2, 0.25) is 0 Å². The quantitative estimate of drug-likeness (QED) is 0.801. The van der Waals surface area contributed by atoms with Gasteiger partial charge in [-0.15, -0.1) is 0 Å². The third-order valence-corrected chi connectivity index (χ3v) is 3.84. The third-order valence-electron chi connectivity index (χ3n) is 3.84. The van der Waals surface area contributed by atoms with Crippen LogP contribution in [0.5, 0.6) is 5.75 Å². The Morgan fingerprint density at radius 2 is 2.10 bits per heavy atom. The lowest BCUT2D eigenvalue weighted by molar-refractivity contribution is 0.112.